The Hall–Kier alpha value is -1.99. The van der Waals surface area contributed by atoms with Crippen molar-refractivity contribution in [3.8, 4) is 0 Å². The van der Waals surface area contributed by atoms with Gasteiger partial charge in [-0.25, -0.2) is 0 Å². The van der Waals surface area contributed by atoms with Gasteiger partial charge in [0.1, 0.15) is 73.2 Å². The lowest BCUT2D eigenvalue weighted by Gasteiger charge is -2.48. The number of hydrogen-bond donors (Lipinski definition) is 12. The van der Waals surface area contributed by atoms with Gasteiger partial charge in [-0.05, 0) is 44.9 Å². The highest BCUT2D eigenvalue weighted by Crippen LogP contribution is 2.33. The number of allylic oxidation sites excluding steroid dienone is 5. The minimum Gasteiger partial charge on any atom is -0.394 e. The van der Waals surface area contributed by atoms with Crippen molar-refractivity contribution in [1.29, 1.82) is 0 Å². The highest BCUT2D eigenvalue weighted by atomic mass is 16.8. The van der Waals surface area contributed by atoms with Crippen LogP contribution in [-0.4, -0.2) is 193 Å². The molecule has 1 amide bonds. The molecule has 19 heteroatoms. The van der Waals surface area contributed by atoms with Crippen LogP contribution in [0, 0.1) is 0 Å². The molecule has 3 aliphatic heterocycles. The van der Waals surface area contributed by atoms with Crippen molar-refractivity contribution in [2.75, 3.05) is 26.4 Å². The Balaban J connectivity index is 1.45. The predicted octanol–water partition coefficient (Wildman–Crippen LogP) is 3.76. The van der Waals surface area contributed by atoms with Gasteiger partial charge < -0.3 is 89.9 Å². The van der Waals surface area contributed by atoms with Gasteiger partial charge in [-0.2, -0.15) is 0 Å². The molecule has 3 fully saturated rings. The molecular formula is C55H99NO18. The Morgan fingerprint density at radius 2 is 0.865 bits per heavy atom. The average Bonchev–Trinajstić information content (AvgIpc) is 3.39. The molecule has 0 bridgehead atoms. The molecule has 0 saturated carbocycles. The van der Waals surface area contributed by atoms with Gasteiger partial charge in [-0.3, -0.25) is 4.79 Å². The van der Waals surface area contributed by atoms with Crippen LogP contribution in [0.2, 0.25) is 0 Å². The number of nitrogens with one attached hydrogen (secondary N) is 1. The summed E-state index contributed by atoms with van der Waals surface area (Å²) in [7, 11) is 0. The third-order valence-electron chi connectivity index (χ3n) is 14.2. The third kappa shape index (κ3) is 23.9. The summed E-state index contributed by atoms with van der Waals surface area (Å²) in [5.74, 6) is -0.304. The second-order valence-corrected chi connectivity index (χ2v) is 20.4. The zero-order valence-corrected chi connectivity index (χ0v) is 44.6. The van der Waals surface area contributed by atoms with E-state index in [2.05, 4.69) is 43.5 Å². The predicted molar refractivity (Wildman–Crippen MR) is 277 cm³/mol. The summed E-state index contributed by atoms with van der Waals surface area (Å²) >= 11 is 0. The summed E-state index contributed by atoms with van der Waals surface area (Å²) in [5.41, 5.74) is 0. The number of rotatable bonds is 40. The molecule has 0 aliphatic carbocycles. The molecule has 74 heavy (non-hydrogen) atoms. The van der Waals surface area contributed by atoms with E-state index in [9.17, 15) is 61.0 Å². The van der Waals surface area contributed by atoms with Gasteiger partial charge in [0.25, 0.3) is 0 Å². The molecule has 19 nitrogen and oxygen atoms in total. The fraction of sp³-hybridized carbons (Fsp3) is 0.873. The van der Waals surface area contributed by atoms with E-state index in [1.807, 2.05) is 6.08 Å². The fourth-order valence-electron chi connectivity index (χ4n) is 9.46. The lowest BCUT2D eigenvalue weighted by molar-refractivity contribution is -0.379. The summed E-state index contributed by atoms with van der Waals surface area (Å²) in [6.45, 7) is 1.57. The maximum absolute atomic E-state index is 13.0. The lowest BCUT2D eigenvalue weighted by atomic mass is 9.96. The van der Waals surface area contributed by atoms with Crippen molar-refractivity contribution in [2.24, 2.45) is 0 Å². The topological polar surface area (TPSA) is 307 Å². The maximum atomic E-state index is 13.0. The fourth-order valence-corrected chi connectivity index (χ4v) is 9.46. The van der Waals surface area contributed by atoms with Crippen LogP contribution in [-0.2, 0) is 33.2 Å². The van der Waals surface area contributed by atoms with Gasteiger partial charge in [0.2, 0.25) is 5.91 Å². The van der Waals surface area contributed by atoms with Crippen molar-refractivity contribution in [2.45, 2.75) is 279 Å². The van der Waals surface area contributed by atoms with Gasteiger partial charge >= 0.3 is 0 Å². The number of aliphatic hydroxyl groups is 11. The normalized spacial score (nSPS) is 31.7. The summed E-state index contributed by atoms with van der Waals surface area (Å²) in [6, 6.07) is -0.989. The molecule has 0 aromatic rings. The van der Waals surface area contributed by atoms with E-state index in [0.717, 1.165) is 51.4 Å². The third-order valence-corrected chi connectivity index (χ3v) is 14.2. The standard InChI is InChI=1S/C55H99NO18/c1-3-5-7-9-10-11-12-13-14-15-16-17-18-19-20-21-22-23-24-25-26-27-29-30-32-39(60)38(56-43(61)33-31-28-8-6-4-2)37-69-53-49(67)46(64)51(41(35-58)71-53)74-55-50(68)47(65)52(42(36-59)72-55)73-54-48(66)45(63)44(62)40(34-57)70-54/h21-22,25-26,30,32,38-42,44-55,57-60,62-68H,3-20,23-24,27-29,31,33-37H2,1-2H3,(H,56,61)/b22-21+,26-25+,32-30+. The summed E-state index contributed by atoms with van der Waals surface area (Å²) in [5, 5.41) is 119. The maximum Gasteiger partial charge on any atom is 0.220 e. The molecule has 17 unspecified atom stereocenters. The highest BCUT2D eigenvalue weighted by molar-refractivity contribution is 5.76. The molecule has 0 aromatic carbocycles. The molecular weight excluding hydrogens is 963 g/mol. The van der Waals surface area contributed by atoms with Crippen LogP contribution in [0.1, 0.15) is 174 Å². The number of unbranched alkanes of at least 4 members (excludes halogenated alkanes) is 20. The second kappa shape index (κ2) is 39.4. The first-order valence-electron chi connectivity index (χ1n) is 28.2. The van der Waals surface area contributed by atoms with Crippen LogP contribution >= 0.6 is 0 Å². The van der Waals surface area contributed by atoms with Gasteiger partial charge in [0.15, 0.2) is 18.9 Å². The van der Waals surface area contributed by atoms with Crippen LogP contribution in [0.3, 0.4) is 0 Å². The molecule has 432 valence electrons. The SMILES string of the molecule is CCCCCCCCCCCCCCCC/C=C/CC/C=C/CC/C=C/C(O)C(COC1OC(CO)C(OC2OC(CO)C(OC3OC(CO)C(O)C(O)C3O)C(O)C2O)C(O)C1O)NC(=O)CCCCCCC. The second-order valence-electron chi connectivity index (χ2n) is 20.4. The van der Waals surface area contributed by atoms with E-state index in [1.54, 1.807) is 6.08 Å². The first-order chi connectivity index (χ1) is 35.8. The van der Waals surface area contributed by atoms with Crippen LogP contribution in [0.4, 0.5) is 0 Å². The molecule has 0 radical (unpaired) electrons. The van der Waals surface area contributed by atoms with E-state index in [4.69, 9.17) is 28.4 Å². The van der Waals surface area contributed by atoms with Crippen LogP contribution < -0.4 is 5.32 Å². The van der Waals surface area contributed by atoms with Crippen LogP contribution in [0.25, 0.3) is 0 Å². The zero-order valence-electron chi connectivity index (χ0n) is 44.6. The molecule has 17 atom stereocenters. The zero-order chi connectivity index (χ0) is 54.1. The quantitative estimate of drug-likeness (QED) is 0.0307. The van der Waals surface area contributed by atoms with E-state index >= 15 is 0 Å². The minimum absolute atomic E-state index is 0.227. The number of amides is 1. The van der Waals surface area contributed by atoms with E-state index in [1.165, 1.54) is 89.9 Å². The first-order valence-corrected chi connectivity index (χ1v) is 28.2. The van der Waals surface area contributed by atoms with Crippen molar-refractivity contribution in [3.63, 3.8) is 0 Å². The van der Waals surface area contributed by atoms with E-state index < -0.39 is 124 Å². The Morgan fingerprint density at radius 3 is 1.35 bits per heavy atom. The van der Waals surface area contributed by atoms with Crippen LogP contribution in [0.5, 0.6) is 0 Å². The summed E-state index contributed by atoms with van der Waals surface area (Å²) in [6.07, 6.45) is 13.6. The Bertz CT molecular complexity index is 1500. The Kier molecular flexibility index (Phi) is 35.3. The van der Waals surface area contributed by atoms with Crippen molar-refractivity contribution in [3.05, 3.63) is 36.5 Å². The van der Waals surface area contributed by atoms with Gasteiger partial charge in [-0.1, -0.05) is 159 Å². The van der Waals surface area contributed by atoms with Gasteiger partial charge in [0.05, 0.1) is 38.6 Å². The number of carbonyl (C=O) groups excluding carboxylic acids is 1. The molecule has 0 aromatic heterocycles. The number of aliphatic hydroxyl groups excluding tert-OH is 11. The molecule has 0 spiro atoms. The minimum atomic E-state index is -1.98. The van der Waals surface area contributed by atoms with Crippen molar-refractivity contribution < 1.29 is 89.4 Å². The van der Waals surface area contributed by atoms with Gasteiger partial charge in [0, 0.05) is 6.42 Å². The van der Waals surface area contributed by atoms with E-state index in [-0.39, 0.29) is 18.9 Å². The Labute approximate surface area is 440 Å². The monoisotopic (exact) mass is 1060 g/mol. The largest absolute Gasteiger partial charge is 0.394 e. The molecule has 3 heterocycles. The Morgan fingerprint density at radius 1 is 0.473 bits per heavy atom. The van der Waals surface area contributed by atoms with Gasteiger partial charge in [-0.15, -0.1) is 0 Å². The lowest BCUT2D eigenvalue weighted by Crippen LogP contribution is -2.66. The van der Waals surface area contributed by atoms with E-state index in [0.29, 0.717) is 12.8 Å². The first kappa shape index (κ1) is 66.3. The molecule has 12 N–H and O–H groups in total. The molecule has 3 saturated heterocycles. The van der Waals surface area contributed by atoms with Crippen molar-refractivity contribution in [1.82, 2.24) is 5.32 Å². The van der Waals surface area contributed by atoms with Crippen molar-refractivity contribution >= 4 is 5.91 Å². The molecule has 3 aliphatic rings. The number of carbonyl (C=O) groups is 1. The van der Waals surface area contributed by atoms with Crippen LogP contribution in [0.15, 0.2) is 36.5 Å². The number of ether oxygens (including phenoxy) is 6. The average molecular weight is 1060 g/mol. The smallest absolute Gasteiger partial charge is 0.220 e. The summed E-state index contributed by atoms with van der Waals surface area (Å²) in [4.78, 5) is 13.0. The number of hydrogen-bond acceptors (Lipinski definition) is 18. The summed E-state index contributed by atoms with van der Waals surface area (Å²) < 4.78 is 34.0. The highest BCUT2D eigenvalue weighted by Gasteiger charge is 2.53. The molecule has 3 rings (SSSR count).